The van der Waals surface area contributed by atoms with Crippen molar-refractivity contribution in [3.8, 4) is 0 Å². The summed E-state index contributed by atoms with van der Waals surface area (Å²) in [5.41, 5.74) is 1.13. The van der Waals surface area contributed by atoms with Crippen LogP contribution in [0.4, 0.5) is 0 Å². The van der Waals surface area contributed by atoms with Crippen molar-refractivity contribution in [2.75, 3.05) is 6.61 Å². The van der Waals surface area contributed by atoms with Gasteiger partial charge in [-0.05, 0) is 22.6 Å². The first-order valence-electron chi connectivity index (χ1n) is 3.08. The minimum absolute atomic E-state index is 0.664. The maximum Gasteiger partial charge on any atom is 0.150 e. The first-order chi connectivity index (χ1) is 4.88. The number of hydrogen-bond donors (Lipinski definition) is 0. The van der Waals surface area contributed by atoms with Crippen LogP contribution in [0.2, 0.25) is 0 Å². The Hall–Kier alpha value is -0.100. The molecule has 0 unspecified atom stereocenters. The van der Waals surface area contributed by atoms with Crippen molar-refractivity contribution in [1.82, 2.24) is 5.16 Å². The van der Waals surface area contributed by atoms with Crippen molar-refractivity contribution in [2.24, 2.45) is 0 Å². The Bertz CT molecular complexity index is 246. The lowest BCUT2D eigenvalue weighted by molar-refractivity contribution is 0.102. The second-order valence-corrected chi connectivity index (χ2v) is 3.20. The van der Waals surface area contributed by atoms with E-state index in [-0.39, 0.29) is 0 Å². The molecule has 0 spiro atoms. The van der Waals surface area contributed by atoms with Crippen molar-refractivity contribution >= 4 is 22.6 Å². The third kappa shape index (κ3) is 0.950. The number of nitrogens with zero attached hydrogens (tertiary/aromatic N) is 1. The molecule has 0 amide bonds. The van der Waals surface area contributed by atoms with Gasteiger partial charge >= 0.3 is 0 Å². The van der Waals surface area contributed by atoms with Crippen LogP contribution >= 0.6 is 22.6 Å². The minimum atomic E-state index is 0.664. The average Bonchev–Trinajstić information content (AvgIpc) is 2.34. The monoisotopic (exact) mass is 251 g/mol. The molecule has 2 rings (SSSR count). The number of halogens is 1. The van der Waals surface area contributed by atoms with Gasteiger partial charge in [-0.3, -0.25) is 0 Å². The molecule has 0 aliphatic carbocycles. The first kappa shape index (κ1) is 6.60. The Kier molecular flexibility index (Phi) is 1.65. The van der Waals surface area contributed by atoms with Crippen LogP contribution in [0.1, 0.15) is 11.3 Å². The zero-order valence-corrected chi connectivity index (χ0v) is 7.42. The lowest BCUT2D eigenvalue weighted by Crippen LogP contribution is -2.07. The molecule has 54 valence electrons. The molecule has 0 radical (unpaired) electrons. The largest absolute Gasteiger partial charge is 0.376 e. The topological polar surface area (TPSA) is 35.3 Å². The van der Waals surface area contributed by atoms with Gasteiger partial charge in [-0.2, -0.15) is 0 Å². The van der Waals surface area contributed by atoms with Crippen LogP contribution in [-0.4, -0.2) is 11.8 Å². The van der Waals surface area contributed by atoms with Gasteiger partial charge in [0.15, 0.2) is 0 Å². The average molecular weight is 251 g/mol. The summed E-state index contributed by atoms with van der Waals surface area (Å²) < 4.78 is 11.2. The Morgan fingerprint density at radius 3 is 3.20 bits per heavy atom. The van der Waals surface area contributed by atoms with E-state index < -0.39 is 0 Å². The summed E-state index contributed by atoms with van der Waals surface area (Å²) in [5, 5.41) is 3.83. The molecule has 1 aromatic heterocycles. The smallest absolute Gasteiger partial charge is 0.150 e. The molecule has 0 bridgehead atoms. The van der Waals surface area contributed by atoms with Crippen molar-refractivity contribution < 1.29 is 9.26 Å². The quantitative estimate of drug-likeness (QED) is 0.653. The standard InChI is InChI=1S/C6H6INO2/c7-6-4-3-9-2-1-5(4)10-8-6/h1-3H2. The van der Waals surface area contributed by atoms with Gasteiger partial charge in [0, 0.05) is 6.42 Å². The maximum absolute atomic E-state index is 5.23. The lowest BCUT2D eigenvalue weighted by atomic mass is 10.2. The SMILES string of the molecule is Ic1noc2c1COCC2. The molecule has 10 heavy (non-hydrogen) atoms. The lowest BCUT2D eigenvalue weighted by Gasteiger charge is -2.08. The fourth-order valence-corrected chi connectivity index (χ4v) is 1.55. The van der Waals surface area contributed by atoms with Gasteiger partial charge in [0.2, 0.25) is 0 Å². The van der Waals surface area contributed by atoms with E-state index >= 15 is 0 Å². The number of fused-ring (bicyclic) bond motifs is 1. The van der Waals surface area contributed by atoms with E-state index in [0.717, 1.165) is 28.1 Å². The molecule has 0 saturated carbocycles. The van der Waals surface area contributed by atoms with E-state index in [9.17, 15) is 0 Å². The summed E-state index contributed by atoms with van der Waals surface area (Å²) in [5.74, 6) is 0.996. The van der Waals surface area contributed by atoms with Gasteiger partial charge in [-0.1, -0.05) is 5.16 Å². The van der Waals surface area contributed by atoms with Gasteiger partial charge in [0.1, 0.15) is 9.46 Å². The zero-order valence-electron chi connectivity index (χ0n) is 5.26. The maximum atomic E-state index is 5.23. The van der Waals surface area contributed by atoms with Crippen LogP contribution in [0.25, 0.3) is 0 Å². The van der Waals surface area contributed by atoms with E-state index in [2.05, 4.69) is 27.7 Å². The van der Waals surface area contributed by atoms with E-state index in [1.54, 1.807) is 0 Å². The summed E-state index contributed by atoms with van der Waals surface area (Å²) in [6.07, 6.45) is 0.866. The van der Waals surface area contributed by atoms with Gasteiger partial charge < -0.3 is 9.26 Å². The van der Waals surface area contributed by atoms with Crippen LogP contribution in [0, 0.1) is 3.70 Å². The van der Waals surface area contributed by atoms with Gasteiger partial charge in [-0.15, -0.1) is 0 Å². The summed E-state index contributed by atoms with van der Waals surface area (Å²) >= 11 is 2.15. The summed E-state index contributed by atoms with van der Waals surface area (Å²) in [6.45, 7) is 1.43. The predicted molar refractivity (Wildman–Crippen MR) is 42.6 cm³/mol. The van der Waals surface area contributed by atoms with E-state index in [1.165, 1.54) is 0 Å². The summed E-state index contributed by atoms with van der Waals surface area (Å²) in [6, 6.07) is 0. The summed E-state index contributed by atoms with van der Waals surface area (Å²) in [4.78, 5) is 0. The second-order valence-electron chi connectivity index (χ2n) is 2.18. The van der Waals surface area contributed by atoms with Gasteiger partial charge in [0.05, 0.1) is 18.8 Å². The number of rotatable bonds is 0. The summed E-state index contributed by atoms with van der Waals surface area (Å²) in [7, 11) is 0. The Labute approximate surface area is 71.9 Å². The fraction of sp³-hybridized carbons (Fsp3) is 0.500. The molecule has 0 atom stereocenters. The first-order valence-corrected chi connectivity index (χ1v) is 4.16. The molecular formula is C6H6INO2. The highest BCUT2D eigenvalue weighted by atomic mass is 127. The molecule has 0 fully saturated rings. The number of aromatic nitrogens is 1. The molecule has 0 N–H and O–H groups in total. The van der Waals surface area contributed by atoms with Crippen molar-refractivity contribution in [3.63, 3.8) is 0 Å². The van der Waals surface area contributed by atoms with Crippen LogP contribution < -0.4 is 0 Å². The van der Waals surface area contributed by atoms with E-state index in [0.29, 0.717) is 6.61 Å². The molecule has 4 heteroatoms. The highest BCUT2D eigenvalue weighted by molar-refractivity contribution is 14.1. The van der Waals surface area contributed by atoms with Crippen LogP contribution in [0.3, 0.4) is 0 Å². The van der Waals surface area contributed by atoms with Crippen LogP contribution in [-0.2, 0) is 17.8 Å². The predicted octanol–water partition coefficient (Wildman–Crippen LogP) is 1.35. The normalized spacial score (nSPS) is 16.9. The van der Waals surface area contributed by atoms with Crippen molar-refractivity contribution in [2.45, 2.75) is 13.0 Å². The number of ether oxygens (including phenoxy) is 1. The van der Waals surface area contributed by atoms with Crippen LogP contribution in [0.15, 0.2) is 4.52 Å². The molecule has 2 heterocycles. The molecule has 3 nitrogen and oxygen atoms in total. The molecule has 0 saturated heterocycles. The molecule has 1 aromatic rings. The Balaban J connectivity index is 2.45. The molecule has 1 aliphatic rings. The third-order valence-corrected chi connectivity index (χ3v) is 2.39. The molecule has 0 aromatic carbocycles. The van der Waals surface area contributed by atoms with Gasteiger partial charge in [0.25, 0.3) is 0 Å². The fourth-order valence-electron chi connectivity index (χ4n) is 0.996. The Morgan fingerprint density at radius 2 is 2.40 bits per heavy atom. The second kappa shape index (κ2) is 2.50. The highest BCUT2D eigenvalue weighted by Gasteiger charge is 2.17. The van der Waals surface area contributed by atoms with Crippen molar-refractivity contribution in [1.29, 1.82) is 0 Å². The Morgan fingerprint density at radius 1 is 1.50 bits per heavy atom. The van der Waals surface area contributed by atoms with Gasteiger partial charge in [-0.25, -0.2) is 0 Å². The highest BCUT2D eigenvalue weighted by Crippen LogP contribution is 2.21. The zero-order chi connectivity index (χ0) is 6.97. The van der Waals surface area contributed by atoms with Crippen molar-refractivity contribution in [3.05, 3.63) is 15.0 Å². The minimum Gasteiger partial charge on any atom is -0.376 e. The van der Waals surface area contributed by atoms with E-state index in [1.807, 2.05) is 0 Å². The van der Waals surface area contributed by atoms with Crippen LogP contribution in [0.5, 0.6) is 0 Å². The molecule has 1 aliphatic heterocycles. The van der Waals surface area contributed by atoms with E-state index in [4.69, 9.17) is 9.26 Å². The third-order valence-electron chi connectivity index (χ3n) is 1.54. The molecular weight excluding hydrogens is 245 g/mol. The number of hydrogen-bond acceptors (Lipinski definition) is 3.